The summed E-state index contributed by atoms with van der Waals surface area (Å²) in [5.41, 5.74) is 33.3. The predicted molar refractivity (Wildman–Crippen MR) is 420 cm³/mol. The average molecular weight is 1330 g/mol. The van der Waals surface area contributed by atoms with E-state index in [1.165, 1.54) is 61.2 Å². The second-order valence-corrected chi connectivity index (χ2v) is 28.8. The van der Waals surface area contributed by atoms with Crippen molar-refractivity contribution in [2.24, 2.45) is 0 Å². The SMILES string of the molecule is CC1(C)c2cccc(-c3cc(-c4ccc(-c5ccc6c(c5)-c5ccccc5C65c6ccccc6Oc6c5ccc5oc7cccc(-c8cc(-c9ccccc9)cc(-c9ccccc9)n8)c7c65)cc4)cc(-c4ccccc4)n3)c2-c2c1ccc1c2Oc2ccccc2C12c1ccccc1-c1ccccc12. The highest BCUT2D eigenvalue weighted by Gasteiger charge is 2.55. The number of fused-ring (bicyclic) bond motifs is 26. The van der Waals surface area contributed by atoms with Crippen LogP contribution >= 0.6 is 0 Å². The van der Waals surface area contributed by atoms with E-state index in [1.54, 1.807) is 0 Å². The van der Waals surface area contributed by atoms with E-state index < -0.39 is 10.8 Å². The van der Waals surface area contributed by atoms with Crippen LogP contribution in [0, 0.1) is 0 Å². The van der Waals surface area contributed by atoms with Crippen molar-refractivity contribution in [3.63, 3.8) is 0 Å². The Balaban J connectivity index is 0.675. The van der Waals surface area contributed by atoms with Gasteiger partial charge in [-0.05, 0) is 155 Å². The zero-order chi connectivity index (χ0) is 68.6. The monoisotopic (exact) mass is 1330 g/mol. The van der Waals surface area contributed by atoms with E-state index in [2.05, 4.69) is 347 Å². The highest BCUT2D eigenvalue weighted by molar-refractivity contribution is 6.16. The van der Waals surface area contributed by atoms with Crippen molar-refractivity contribution >= 4 is 21.9 Å². The van der Waals surface area contributed by atoms with Gasteiger partial charge in [-0.15, -0.1) is 0 Å². The maximum Gasteiger partial charge on any atom is 0.143 e. The first-order chi connectivity index (χ1) is 51.3. The number of pyridine rings is 2. The lowest BCUT2D eigenvalue weighted by atomic mass is 9.65. The molecule has 5 heteroatoms. The fraction of sp³-hybridized carbons (Fsp3) is 0.0505. The van der Waals surface area contributed by atoms with Gasteiger partial charge in [0.15, 0.2) is 0 Å². The molecule has 0 radical (unpaired) electrons. The molecule has 22 rings (SSSR count). The van der Waals surface area contributed by atoms with Crippen LogP contribution in [-0.2, 0) is 16.2 Å². The second-order valence-electron chi connectivity index (χ2n) is 28.8. The fourth-order valence-electron chi connectivity index (χ4n) is 18.7. The third kappa shape index (κ3) is 8.09. The molecule has 1 unspecified atom stereocenters. The van der Waals surface area contributed by atoms with Crippen molar-refractivity contribution in [1.82, 2.24) is 9.97 Å². The number of rotatable bonds is 7. The summed E-state index contributed by atoms with van der Waals surface area (Å²) in [6.45, 7) is 4.73. The summed E-state index contributed by atoms with van der Waals surface area (Å²) >= 11 is 0. The summed E-state index contributed by atoms with van der Waals surface area (Å²) in [6.07, 6.45) is 0. The Labute approximate surface area is 602 Å². The molecular weight excluding hydrogens is 1270 g/mol. The van der Waals surface area contributed by atoms with Crippen LogP contribution in [-0.4, -0.2) is 9.97 Å². The van der Waals surface area contributed by atoms with Crippen LogP contribution in [0.3, 0.4) is 0 Å². The molecule has 3 aliphatic carbocycles. The van der Waals surface area contributed by atoms with E-state index in [-0.39, 0.29) is 5.41 Å². The molecule has 0 N–H and O–H groups in total. The number of nitrogens with zero attached hydrogens (tertiary/aromatic N) is 2. The molecule has 0 fully saturated rings. The molecule has 17 aromatic rings. The van der Waals surface area contributed by atoms with Gasteiger partial charge in [0.2, 0.25) is 0 Å². The number of furan rings is 1. The van der Waals surface area contributed by atoms with E-state index >= 15 is 0 Å². The molecule has 0 amide bonds. The van der Waals surface area contributed by atoms with Gasteiger partial charge in [0.1, 0.15) is 34.2 Å². The number of aromatic nitrogens is 2. The minimum Gasteiger partial charge on any atom is -0.456 e. The van der Waals surface area contributed by atoms with Crippen molar-refractivity contribution in [2.75, 3.05) is 0 Å². The smallest absolute Gasteiger partial charge is 0.143 e. The topological polar surface area (TPSA) is 57.4 Å². The van der Waals surface area contributed by atoms with Crippen LogP contribution in [0.15, 0.2) is 344 Å². The Morgan fingerprint density at radius 1 is 0.231 bits per heavy atom. The zero-order valence-corrected chi connectivity index (χ0v) is 57.0. The van der Waals surface area contributed by atoms with Gasteiger partial charge < -0.3 is 13.9 Å². The van der Waals surface area contributed by atoms with Gasteiger partial charge in [0, 0.05) is 60.9 Å². The maximum atomic E-state index is 7.45. The van der Waals surface area contributed by atoms with Gasteiger partial charge >= 0.3 is 0 Å². The van der Waals surface area contributed by atoms with Crippen molar-refractivity contribution < 1.29 is 13.9 Å². The Bertz CT molecular complexity index is 6400. The number of benzene rings is 14. The summed E-state index contributed by atoms with van der Waals surface area (Å²) in [7, 11) is 0. The summed E-state index contributed by atoms with van der Waals surface area (Å²) in [5, 5.41) is 1.89. The number of hydrogen-bond acceptors (Lipinski definition) is 5. The van der Waals surface area contributed by atoms with Crippen LogP contribution in [0.4, 0.5) is 0 Å². The summed E-state index contributed by atoms with van der Waals surface area (Å²) < 4.78 is 21.7. The van der Waals surface area contributed by atoms with E-state index in [0.29, 0.717) is 0 Å². The van der Waals surface area contributed by atoms with Gasteiger partial charge in [-0.2, -0.15) is 0 Å². The lowest BCUT2D eigenvalue weighted by Crippen LogP contribution is -2.32. The molecule has 14 aromatic carbocycles. The fourth-order valence-corrected chi connectivity index (χ4v) is 18.7. The molecule has 2 aliphatic heterocycles. The lowest BCUT2D eigenvalue weighted by molar-refractivity contribution is 0.437. The number of para-hydroxylation sites is 2. The molecule has 5 nitrogen and oxygen atoms in total. The van der Waals surface area contributed by atoms with E-state index in [9.17, 15) is 0 Å². The Morgan fingerprint density at radius 2 is 0.615 bits per heavy atom. The maximum absolute atomic E-state index is 7.45. The van der Waals surface area contributed by atoms with Gasteiger partial charge in [0.05, 0.1) is 39.0 Å². The first-order valence-electron chi connectivity index (χ1n) is 35.9. The average Bonchev–Trinajstić information content (AvgIpc) is 1.48. The molecule has 0 saturated heterocycles. The van der Waals surface area contributed by atoms with Crippen LogP contribution < -0.4 is 9.47 Å². The standard InChI is InChI=1S/C99H62N2O3/c1-97(2)79-40-22-33-70(91(79)93-80(97)50-51-81-95(93)103-87-41-20-18-38-77(87)98(81)73-35-15-12-30-67(73)68-31-13-16-36-74(68)98)85-58-66(56-84(100-85)63-28-10-5-11-29-63)61-46-44-60(45-47-61)64-48-49-76-72(54-64)69-32-14-17-37-75(69)99(76)78-39-19-21-42-88(78)104-96-82(99)52-53-90-94(96)92-71(34-23-43-89(92)102-90)86-57-65(59-24-6-3-7-25-59)55-83(101-86)62-26-8-4-9-27-62/h3-58H,1-2H3. The number of ether oxygens (including phenoxy) is 2. The molecule has 486 valence electrons. The minimum absolute atomic E-state index is 0.346. The largest absolute Gasteiger partial charge is 0.456 e. The first-order valence-corrected chi connectivity index (χ1v) is 35.9. The van der Waals surface area contributed by atoms with E-state index in [4.69, 9.17) is 23.9 Å². The van der Waals surface area contributed by atoms with Gasteiger partial charge in [-0.25, -0.2) is 9.97 Å². The van der Waals surface area contributed by atoms with E-state index in [0.717, 1.165) is 151 Å². The molecule has 1 atom stereocenters. The van der Waals surface area contributed by atoms with E-state index in [1.807, 2.05) is 6.07 Å². The first kappa shape index (κ1) is 58.6. The minimum atomic E-state index is -0.738. The second kappa shape index (κ2) is 21.9. The lowest BCUT2D eigenvalue weighted by Gasteiger charge is -2.40. The zero-order valence-electron chi connectivity index (χ0n) is 57.0. The molecule has 104 heavy (non-hydrogen) atoms. The molecule has 2 spiro atoms. The van der Waals surface area contributed by atoms with Crippen molar-refractivity contribution in [3.05, 3.63) is 395 Å². The highest BCUT2D eigenvalue weighted by Crippen LogP contribution is 2.68. The number of hydrogen-bond donors (Lipinski definition) is 0. The summed E-state index contributed by atoms with van der Waals surface area (Å²) in [5.74, 6) is 3.38. The van der Waals surface area contributed by atoms with Crippen molar-refractivity contribution in [1.29, 1.82) is 0 Å². The Morgan fingerprint density at radius 3 is 1.22 bits per heavy atom. The molecule has 5 aliphatic rings. The summed E-state index contributed by atoms with van der Waals surface area (Å²) in [6, 6.07) is 123. The van der Waals surface area contributed by atoms with Gasteiger partial charge in [-0.3, -0.25) is 0 Å². The van der Waals surface area contributed by atoms with Crippen LogP contribution in [0.25, 0.3) is 134 Å². The third-order valence-electron chi connectivity index (χ3n) is 23.2. The highest BCUT2D eigenvalue weighted by atomic mass is 16.5. The summed E-state index contributed by atoms with van der Waals surface area (Å²) in [4.78, 5) is 11.1. The van der Waals surface area contributed by atoms with Crippen LogP contribution in [0.2, 0.25) is 0 Å². The molecule has 3 aromatic heterocycles. The van der Waals surface area contributed by atoms with Gasteiger partial charge in [0.25, 0.3) is 0 Å². The molecule has 0 saturated carbocycles. The van der Waals surface area contributed by atoms with Crippen LogP contribution in [0.5, 0.6) is 23.0 Å². The molecule has 0 bridgehead atoms. The molecular formula is C99H62N2O3. The van der Waals surface area contributed by atoms with Gasteiger partial charge in [-0.1, -0.05) is 293 Å². The predicted octanol–water partition coefficient (Wildman–Crippen LogP) is 25.3. The quantitative estimate of drug-likeness (QED) is 0.159. The normalized spacial score (nSPS) is 15.2. The molecule has 5 heterocycles. The van der Waals surface area contributed by atoms with Crippen LogP contribution in [0.1, 0.15) is 69.5 Å². The van der Waals surface area contributed by atoms with Crippen molar-refractivity contribution in [3.8, 4) is 135 Å². The Hall–Kier alpha value is -13.2. The Kier molecular flexibility index (Phi) is 12.3. The van der Waals surface area contributed by atoms with Crippen molar-refractivity contribution in [2.45, 2.75) is 30.1 Å². The third-order valence-corrected chi connectivity index (χ3v) is 23.2.